The molecule has 2 fully saturated rings. The van der Waals surface area contributed by atoms with Gasteiger partial charge in [0.25, 0.3) is 0 Å². The number of benzene rings is 1. The highest BCUT2D eigenvalue weighted by atomic mass is 19.1. The fourth-order valence-electron chi connectivity index (χ4n) is 4.06. The maximum absolute atomic E-state index is 14.0. The summed E-state index contributed by atoms with van der Waals surface area (Å²) in [6, 6.07) is 5.13. The summed E-state index contributed by atoms with van der Waals surface area (Å²) in [6.07, 6.45) is 7.15. The van der Waals surface area contributed by atoms with Crippen LogP contribution in [0.3, 0.4) is 0 Å². The van der Waals surface area contributed by atoms with Crippen molar-refractivity contribution >= 4 is 5.69 Å². The zero-order chi connectivity index (χ0) is 14.2. The van der Waals surface area contributed by atoms with E-state index in [-0.39, 0.29) is 5.82 Å². The van der Waals surface area contributed by atoms with Crippen molar-refractivity contribution in [1.29, 1.82) is 0 Å². The largest absolute Gasteiger partial charge is 0.389 e. The first-order chi connectivity index (χ1) is 9.61. The Labute approximate surface area is 120 Å². The van der Waals surface area contributed by atoms with Gasteiger partial charge in [0.15, 0.2) is 0 Å². The van der Waals surface area contributed by atoms with E-state index in [1.54, 1.807) is 13.0 Å². The molecule has 1 saturated heterocycles. The topological polar surface area (TPSA) is 23.5 Å². The second kappa shape index (κ2) is 5.36. The minimum Gasteiger partial charge on any atom is -0.389 e. The van der Waals surface area contributed by atoms with Crippen molar-refractivity contribution < 1.29 is 9.50 Å². The standard InChI is InChI=1S/C17H24FNO/c1-13(20)16-14(18)5-4-6-15(16)19-11-9-17(10-12-19)7-2-3-8-17/h4-6,13,20H,2-3,7-12H2,1H3/t13-/m0/s1. The van der Waals surface area contributed by atoms with Crippen LogP contribution < -0.4 is 4.90 Å². The van der Waals surface area contributed by atoms with E-state index in [9.17, 15) is 9.50 Å². The van der Waals surface area contributed by atoms with Gasteiger partial charge >= 0.3 is 0 Å². The highest BCUT2D eigenvalue weighted by molar-refractivity contribution is 5.55. The quantitative estimate of drug-likeness (QED) is 0.882. The lowest BCUT2D eigenvalue weighted by atomic mass is 9.77. The summed E-state index contributed by atoms with van der Waals surface area (Å²) in [7, 11) is 0. The monoisotopic (exact) mass is 277 g/mol. The van der Waals surface area contributed by atoms with Crippen molar-refractivity contribution in [3.63, 3.8) is 0 Å². The normalized spacial score (nSPS) is 23.2. The van der Waals surface area contributed by atoms with Crippen LogP contribution in [0.2, 0.25) is 0 Å². The molecular weight excluding hydrogens is 253 g/mol. The Morgan fingerprint density at radius 3 is 2.40 bits per heavy atom. The molecule has 0 aromatic heterocycles. The van der Waals surface area contributed by atoms with Crippen LogP contribution in [-0.2, 0) is 0 Å². The van der Waals surface area contributed by atoms with Gasteiger partial charge < -0.3 is 10.0 Å². The van der Waals surface area contributed by atoms with Crippen LogP contribution in [0.1, 0.15) is 57.1 Å². The number of hydrogen-bond donors (Lipinski definition) is 1. The second-order valence-electron chi connectivity index (χ2n) is 6.54. The highest BCUT2D eigenvalue weighted by Gasteiger charge is 2.37. The van der Waals surface area contributed by atoms with Crippen molar-refractivity contribution in [2.75, 3.05) is 18.0 Å². The zero-order valence-corrected chi connectivity index (χ0v) is 12.2. The minimum atomic E-state index is -0.756. The first kappa shape index (κ1) is 13.9. The van der Waals surface area contributed by atoms with Gasteiger partial charge in [0.2, 0.25) is 0 Å². The molecule has 3 rings (SSSR count). The van der Waals surface area contributed by atoms with E-state index >= 15 is 0 Å². The molecule has 0 radical (unpaired) electrons. The average Bonchev–Trinajstić information content (AvgIpc) is 2.87. The van der Waals surface area contributed by atoms with Crippen molar-refractivity contribution in [2.24, 2.45) is 5.41 Å². The molecule has 1 atom stereocenters. The van der Waals surface area contributed by atoms with E-state index in [0.29, 0.717) is 11.0 Å². The summed E-state index contributed by atoms with van der Waals surface area (Å²) in [6.45, 7) is 3.62. The Balaban J connectivity index is 1.80. The maximum Gasteiger partial charge on any atom is 0.131 e. The van der Waals surface area contributed by atoms with Gasteiger partial charge in [0, 0.05) is 24.3 Å². The summed E-state index contributed by atoms with van der Waals surface area (Å²) in [5, 5.41) is 9.85. The molecule has 20 heavy (non-hydrogen) atoms. The number of aliphatic hydroxyl groups is 1. The smallest absolute Gasteiger partial charge is 0.131 e. The molecule has 1 aliphatic heterocycles. The van der Waals surface area contributed by atoms with Gasteiger partial charge in [-0.2, -0.15) is 0 Å². The number of nitrogens with zero attached hydrogens (tertiary/aromatic N) is 1. The molecule has 1 heterocycles. The van der Waals surface area contributed by atoms with Gasteiger partial charge in [-0.25, -0.2) is 4.39 Å². The summed E-state index contributed by atoms with van der Waals surface area (Å²) in [5.41, 5.74) is 1.90. The minimum absolute atomic E-state index is 0.293. The molecule has 1 aliphatic carbocycles. The number of anilines is 1. The molecule has 1 spiro atoms. The van der Waals surface area contributed by atoms with E-state index < -0.39 is 6.10 Å². The van der Waals surface area contributed by atoms with Crippen molar-refractivity contribution in [3.05, 3.63) is 29.6 Å². The molecule has 0 amide bonds. The summed E-state index contributed by atoms with van der Waals surface area (Å²) < 4.78 is 14.0. The number of piperidine rings is 1. The number of hydrogen-bond acceptors (Lipinski definition) is 2. The van der Waals surface area contributed by atoms with Crippen molar-refractivity contribution in [2.45, 2.75) is 51.6 Å². The van der Waals surface area contributed by atoms with Crippen molar-refractivity contribution in [1.82, 2.24) is 0 Å². The van der Waals surface area contributed by atoms with Gasteiger partial charge in [-0.15, -0.1) is 0 Å². The SMILES string of the molecule is C[C@H](O)c1c(F)cccc1N1CCC2(CCCC2)CC1. The fraction of sp³-hybridized carbons (Fsp3) is 0.647. The van der Waals surface area contributed by atoms with Crippen LogP contribution >= 0.6 is 0 Å². The number of rotatable bonds is 2. The second-order valence-corrected chi connectivity index (χ2v) is 6.54. The molecule has 2 nitrogen and oxygen atoms in total. The Hall–Kier alpha value is -1.09. The van der Waals surface area contributed by atoms with Gasteiger partial charge in [-0.3, -0.25) is 0 Å². The van der Waals surface area contributed by atoms with E-state index in [2.05, 4.69) is 4.90 Å². The van der Waals surface area contributed by atoms with E-state index in [0.717, 1.165) is 18.8 Å². The summed E-state index contributed by atoms with van der Waals surface area (Å²) in [5.74, 6) is -0.293. The third-order valence-corrected chi connectivity index (χ3v) is 5.28. The van der Waals surface area contributed by atoms with Crippen LogP contribution in [0, 0.1) is 11.2 Å². The number of aliphatic hydroxyl groups excluding tert-OH is 1. The lowest BCUT2D eigenvalue weighted by Gasteiger charge is -2.41. The predicted octanol–water partition coefficient (Wildman–Crippen LogP) is 4.04. The number of halogens is 1. The van der Waals surface area contributed by atoms with Crippen LogP contribution in [0.4, 0.5) is 10.1 Å². The molecule has 1 aromatic carbocycles. The first-order valence-electron chi connectivity index (χ1n) is 7.83. The maximum atomic E-state index is 14.0. The van der Waals surface area contributed by atoms with Gasteiger partial charge in [-0.05, 0) is 50.2 Å². The molecule has 110 valence electrons. The van der Waals surface area contributed by atoms with Crippen LogP contribution in [0.15, 0.2) is 18.2 Å². The van der Waals surface area contributed by atoms with E-state index in [1.165, 1.54) is 44.6 Å². The summed E-state index contributed by atoms with van der Waals surface area (Å²) >= 11 is 0. The Bertz CT molecular complexity index is 470. The average molecular weight is 277 g/mol. The lowest BCUT2D eigenvalue weighted by molar-refractivity contribution is 0.193. The van der Waals surface area contributed by atoms with Gasteiger partial charge in [-0.1, -0.05) is 18.9 Å². The molecule has 1 N–H and O–H groups in total. The van der Waals surface area contributed by atoms with E-state index in [1.807, 2.05) is 6.07 Å². The fourth-order valence-corrected chi connectivity index (χ4v) is 4.06. The first-order valence-corrected chi connectivity index (χ1v) is 7.83. The van der Waals surface area contributed by atoms with E-state index in [4.69, 9.17) is 0 Å². The third kappa shape index (κ3) is 2.44. The van der Waals surface area contributed by atoms with Crippen LogP contribution in [0.5, 0.6) is 0 Å². The molecule has 3 heteroatoms. The van der Waals surface area contributed by atoms with Gasteiger partial charge in [0.05, 0.1) is 6.10 Å². The van der Waals surface area contributed by atoms with Crippen LogP contribution in [-0.4, -0.2) is 18.2 Å². The zero-order valence-electron chi connectivity index (χ0n) is 12.2. The van der Waals surface area contributed by atoms with Gasteiger partial charge in [0.1, 0.15) is 5.82 Å². The molecule has 0 unspecified atom stereocenters. The molecular formula is C17H24FNO. The third-order valence-electron chi connectivity index (χ3n) is 5.28. The molecule has 1 aromatic rings. The Morgan fingerprint density at radius 2 is 1.80 bits per heavy atom. The summed E-state index contributed by atoms with van der Waals surface area (Å²) in [4.78, 5) is 2.26. The predicted molar refractivity (Wildman–Crippen MR) is 79.4 cm³/mol. The molecule has 0 bridgehead atoms. The Morgan fingerprint density at radius 1 is 1.15 bits per heavy atom. The molecule has 1 saturated carbocycles. The van der Waals surface area contributed by atoms with Crippen molar-refractivity contribution in [3.8, 4) is 0 Å². The highest BCUT2D eigenvalue weighted by Crippen LogP contribution is 2.47. The Kier molecular flexibility index (Phi) is 3.72. The lowest BCUT2D eigenvalue weighted by Crippen LogP contribution is -2.39. The molecule has 2 aliphatic rings. The van der Waals surface area contributed by atoms with Crippen LogP contribution in [0.25, 0.3) is 0 Å².